The van der Waals surface area contributed by atoms with Crippen molar-refractivity contribution in [1.29, 1.82) is 0 Å². The molecule has 0 aliphatic heterocycles. The van der Waals surface area contributed by atoms with E-state index in [1.54, 1.807) is 13.3 Å². The molecular weight excluding hydrogens is 268 g/mol. The lowest BCUT2D eigenvalue weighted by Crippen LogP contribution is -2.38. The number of anilines is 1. The number of amides is 2. The number of carbonyl (C=O) groups excluding carboxylic acids is 1. The van der Waals surface area contributed by atoms with Crippen molar-refractivity contribution in [3.8, 4) is 0 Å². The lowest BCUT2D eigenvalue weighted by Gasteiger charge is -2.13. The molecule has 0 unspecified atom stereocenters. The van der Waals surface area contributed by atoms with Crippen molar-refractivity contribution in [2.24, 2.45) is 0 Å². The lowest BCUT2D eigenvalue weighted by atomic mass is 10.2. The maximum atomic E-state index is 11.7. The number of ether oxygens (including phenoxy) is 1. The fraction of sp³-hybridized carbons (Fsp3) is 0.333. The van der Waals surface area contributed by atoms with Gasteiger partial charge < -0.3 is 15.4 Å². The maximum absolute atomic E-state index is 11.7. The molecule has 112 valence electrons. The predicted octanol–water partition coefficient (Wildman–Crippen LogP) is 2.09. The molecule has 1 atom stereocenters. The molecule has 1 heterocycles. The molecule has 2 amide bonds. The van der Waals surface area contributed by atoms with Crippen LogP contribution < -0.4 is 10.6 Å². The second kappa shape index (κ2) is 7.44. The number of rotatable bonds is 6. The van der Waals surface area contributed by atoms with Gasteiger partial charge in [0.25, 0.3) is 0 Å². The van der Waals surface area contributed by atoms with Crippen LogP contribution in [0.2, 0.25) is 0 Å². The Bertz CT molecular complexity index is 552. The van der Waals surface area contributed by atoms with Gasteiger partial charge in [-0.1, -0.05) is 12.1 Å². The van der Waals surface area contributed by atoms with Gasteiger partial charge in [-0.25, -0.2) is 4.79 Å². The van der Waals surface area contributed by atoms with Crippen LogP contribution in [0.25, 0.3) is 0 Å². The van der Waals surface area contributed by atoms with Gasteiger partial charge in [0.2, 0.25) is 0 Å². The number of carbonyl (C=O) groups is 1. The number of urea groups is 1. The molecule has 0 saturated heterocycles. The highest BCUT2D eigenvalue weighted by Crippen LogP contribution is 2.10. The van der Waals surface area contributed by atoms with Crippen LogP contribution >= 0.6 is 0 Å². The van der Waals surface area contributed by atoms with Gasteiger partial charge in [0.05, 0.1) is 19.2 Å². The maximum Gasteiger partial charge on any atom is 0.319 e. The van der Waals surface area contributed by atoms with E-state index in [0.717, 1.165) is 11.3 Å². The Morgan fingerprint density at radius 3 is 2.76 bits per heavy atom. The third-order valence-electron chi connectivity index (χ3n) is 2.91. The van der Waals surface area contributed by atoms with Crippen molar-refractivity contribution in [1.82, 2.24) is 15.1 Å². The Kier molecular flexibility index (Phi) is 5.34. The highest BCUT2D eigenvalue weighted by molar-refractivity contribution is 5.89. The van der Waals surface area contributed by atoms with Crippen molar-refractivity contribution >= 4 is 11.7 Å². The van der Waals surface area contributed by atoms with Gasteiger partial charge in [0, 0.05) is 25.2 Å². The van der Waals surface area contributed by atoms with E-state index >= 15 is 0 Å². The molecule has 21 heavy (non-hydrogen) atoms. The van der Waals surface area contributed by atoms with E-state index in [0.29, 0.717) is 13.2 Å². The van der Waals surface area contributed by atoms with Crippen LogP contribution in [0.1, 0.15) is 12.5 Å². The third kappa shape index (κ3) is 4.92. The van der Waals surface area contributed by atoms with Crippen LogP contribution in [-0.4, -0.2) is 35.6 Å². The Balaban J connectivity index is 1.86. The van der Waals surface area contributed by atoms with Crippen molar-refractivity contribution in [3.63, 3.8) is 0 Å². The Morgan fingerprint density at radius 1 is 1.38 bits per heavy atom. The second-order valence-corrected chi connectivity index (χ2v) is 4.86. The van der Waals surface area contributed by atoms with Crippen molar-refractivity contribution in [2.45, 2.75) is 19.5 Å². The zero-order chi connectivity index (χ0) is 15.1. The summed E-state index contributed by atoms with van der Waals surface area (Å²) in [7, 11) is 1.61. The largest absolute Gasteiger partial charge is 0.383 e. The molecule has 0 aliphatic carbocycles. The molecule has 6 heteroatoms. The highest BCUT2D eigenvalue weighted by Gasteiger charge is 2.06. The zero-order valence-electron chi connectivity index (χ0n) is 12.2. The molecule has 0 fully saturated rings. The topological polar surface area (TPSA) is 68.2 Å². The summed E-state index contributed by atoms with van der Waals surface area (Å²) in [4.78, 5) is 11.7. The van der Waals surface area contributed by atoms with Crippen LogP contribution in [0, 0.1) is 0 Å². The van der Waals surface area contributed by atoms with E-state index < -0.39 is 0 Å². The Hall–Kier alpha value is -2.34. The minimum Gasteiger partial charge on any atom is -0.383 e. The highest BCUT2D eigenvalue weighted by atomic mass is 16.5. The quantitative estimate of drug-likeness (QED) is 0.855. The molecule has 0 aliphatic rings. The molecule has 0 saturated carbocycles. The van der Waals surface area contributed by atoms with E-state index in [-0.39, 0.29) is 12.1 Å². The van der Waals surface area contributed by atoms with Crippen molar-refractivity contribution in [2.75, 3.05) is 19.0 Å². The summed E-state index contributed by atoms with van der Waals surface area (Å²) >= 11 is 0. The number of nitrogens with one attached hydrogen (secondary N) is 2. The van der Waals surface area contributed by atoms with Gasteiger partial charge in [-0.2, -0.15) is 5.10 Å². The first kappa shape index (κ1) is 15.1. The van der Waals surface area contributed by atoms with E-state index in [1.807, 2.05) is 48.1 Å². The van der Waals surface area contributed by atoms with Crippen molar-refractivity contribution in [3.05, 3.63) is 48.3 Å². The standard InChI is InChI=1S/C15H20N4O2/c1-12(11-21-2)17-15(20)18-14-6-4-13(5-7-14)10-19-9-3-8-16-19/h3-9,12H,10-11H2,1-2H3,(H2,17,18,20)/t12-/m1/s1. The van der Waals surface area contributed by atoms with Crippen LogP contribution in [0.15, 0.2) is 42.7 Å². The normalized spacial score (nSPS) is 11.9. The Labute approximate surface area is 124 Å². The summed E-state index contributed by atoms with van der Waals surface area (Å²) in [5, 5.41) is 9.74. The number of benzene rings is 1. The molecule has 6 nitrogen and oxygen atoms in total. The summed E-state index contributed by atoms with van der Waals surface area (Å²) in [6, 6.07) is 9.31. The van der Waals surface area contributed by atoms with E-state index in [2.05, 4.69) is 15.7 Å². The fourth-order valence-corrected chi connectivity index (χ4v) is 1.96. The smallest absolute Gasteiger partial charge is 0.319 e. The van der Waals surface area contributed by atoms with Crippen molar-refractivity contribution < 1.29 is 9.53 Å². The summed E-state index contributed by atoms with van der Waals surface area (Å²) in [6.45, 7) is 3.08. The van der Waals surface area contributed by atoms with Gasteiger partial charge in [0.1, 0.15) is 0 Å². The van der Waals surface area contributed by atoms with Crippen LogP contribution in [0.5, 0.6) is 0 Å². The summed E-state index contributed by atoms with van der Waals surface area (Å²) in [5.74, 6) is 0. The van der Waals surface area contributed by atoms with Gasteiger partial charge in [-0.05, 0) is 30.7 Å². The molecule has 0 spiro atoms. The van der Waals surface area contributed by atoms with Crippen LogP contribution in [0.3, 0.4) is 0 Å². The monoisotopic (exact) mass is 288 g/mol. The van der Waals surface area contributed by atoms with E-state index in [4.69, 9.17) is 4.74 Å². The van der Waals surface area contributed by atoms with E-state index in [1.165, 1.54) is 0 Å². The average Bonchev–Trinajstić information content (AvgIpc) is 2.94. The summed E-state index contributed by atoms with van der Waals surface area (Å²) in [5.41, 5.74) is 1.87. The molecule has 1 aromatic carbocycles. The average molecular weight is 288 g/mol. The van der Waals surface area contributed by atoms with E-state index in [9.17, 15) is 4.79 Å². The molecule has 2 aromatic rings. The van der Waals surface area contributed by atoms with Gasteiger partial charge >= 0.3 is 6.03 Å². The van der Waals surface area contributed by atoms with Gasteiger partial charge in [-0.15, -0.1) is 0 Å². The predicted molar refractivity (Wildman–Crippen MR) is 81.3 cm³/mol. The first-order valence-corrected chi connectivity index (χ1v) is 6.80. The molecule has 2 N–H and O–H groups in total. The lowest BCUT2D eigenvalue weighted by molar-refractivity contribution is 0.173. The zero-order valence-corrected chi connectivity index (χ0v) is 12.2. The Morgan fingerprint density at radius 2 is 2.14 bits per heavy atom. The second-order valence-electron chi connectivity index (χ2n) is 4.86. The first-order valence-electron chi connectivity index (χ1n) is 6.80. The van der Waals surface area contributed by atoms with Crippen LogP contribution in [-0.2, 0) is 11.3 Å². The molecule has 2 rings (SSSR count). The number of hydrogen-bond donors (Lipinski definition) is 2. The number of aromatic nitrogens is 2. The summed E-state index contributed by atoms with van der Waals surface area (Å²) < 4.78 is 6.82. The molecule has 1 aromatic heterocycles. The number of methoxy groups -OCH3 is 1. The van der Waals surface area contributed by atoms with Crippen LogP contribution in [0.4, 0.5) is 10.5 Å². The van der Waals surface area contributed by atoms with Gasteiger partial charge in [-0.3, -0.25) is 4.68 Å². The summed E-state index contributed by atoms with van der Waals surface area (Å²) in [6.07, 6.45) is 3.66. The molecular formula is C15H20N4O2. The minimum absolute atomic E-state index is 0.0333. The fourth-order valence-electron chi connectivity index (χ4n) is 1.96. The SMILES string of the molecule is COC[C@@H](C)NC(=O)Nc1ccc(Cn2cccn2)cc1. The number of hydrogen-bond acceptors (Lipinski definition) is 3. The number of nitrogens with zero attached hydrogens (tertiary/aromatic N) is 2. The molecule has 0 bridgehead atoms. The van der Waals surface area contributed by atoms with Gasteiger partial charge in [0.15, 0.2) is 0 Å². The first-order chi connectivity index (χ1) is 10.2. The third-order valence-corrected chi connectivity index (χ3v) is 2.91. The molecule has 0 radical (unpaired) electrons. The minimum atomic E-state index is -0.237.